The topological polar surface area (TPSA) is 102 Å². The van der Waals surface area contributed by atoms with Crippen LogP contribution in [0.5, 0.6) is 0 Å². The van der Waals surface area contributed by atoms with Crippen molar-refractivity contribution in [3.8, 4) is 0 Å². The molecule has 0 saturated heterocycles. The van der Waals surface area contributed by atoms with E-state index >= 15 is 0 Å². The summed E-state index contributed by atoms with van der Waals surface area (Å²) < 4.78 is 26.5. The number of sulfonamides is 1. The summed E-state index contributed by atoms with van der Waals surface area (Å²) in [4.78, 5) is 13.7. The number of nitro benzene ring substituents is 1. The summed E-state index contributed by atoms with van der Waals surface area (Å²) in [5.74, 6) is 0. The van der Waals surface area contributed by atoms with Gasteiger partial charge >= 0.3 is 0 Å². The molecule has 0 atom stereocenters. The van der Waals surface area contributed by atoms with E-state index in [0.29, 0.717) is 5.69 Å². The minimum Gasteiger partial charge on any atom is -0.260 e. The van der Waals surface area contributed by atoms with E-state index in [-0.39, 0.29) is 11.4 Å². The van der Waals surface area contributed by atoms with Gasteiger partial charge in [-0.3, -0.25) is 15.1 Å². The number of pyridine rings is 1. The predicted molar refractivity (Wildman–Crippen MR) is 71.4 cm³/mol. The van der Waals surface area contributed by atoms with E-state index in [1.807, 2.05) is 0 Å². The van der Waals surface area contributed by atoms with E-state index in [0.717, 1.165) is 6.07 Å². The first-order chi connectivity index (χ1) is 9.50. The molecule has 1 heterocycles. The molecular formula is C12H11N3O4S. The Morgan fingerprint density at radius 1 is 1.15 bits per heavy atom. The summed E-state index contributed by atoms with van der Waals surface area (Å²) in [6.07, 6.45) is 1.54. The van der Waals surface area contributed by atoms with Gasteiger partial charge in [-0.2, -0.15) is 0 Å². The van der Waals surface area contributed by atoms with Gasteiger partial charge in [0.2, 0.25) is 10.0 Å². The third-order valence-electron chi connectivity index (χ3n) is 2.52. The predicted octanol–water partition coefficient (Wildman–Crippen LogP) is 1.47. The van der Waals surface area contributed by atoms with Crippen molar-refractivity contribution in [2.45, 2.75) is 11.4 Å². The third-order valence-corrected chi connectivity index (χ3v) is 3.97. The van der Waals surface area contributed by atoms with Gasteiger partial charge in [0.1, 0.15) is 0 Å². The highest BCUT2D eigenvalue weighted by Crippen LogP contribution is 2.22. The molecule has 0 spiro atoms. The van der Waals surface area contributed by atoms with Crippen molar-refractivity contribution in [3.05, 3.63) is 64.5 Å². The van der Waals surface area contributed by atoms with Crippen LogP contribution in [0.3, 0.4) is 0 Å². The van der Waals surface area contributed by atoms with Crippen LogP contribution in [0, 0.1) is 10.1 Å². The van der Waals surface area contributed by atoms with Crippen LogP contribution < -0.4 is 4.72 Å². The van der Waals surface area contributed by atoms with E-state index in [1.165, 1.54) is 24.4 Å². The number of para-hydroxylation sites is 1. The largest absolute Gasteiger partial charge is 0.289 e. The fourth-order valence-electron chi connectivity index (χ4n) is 1.58. The zero-order valence-corrected chi connectivity index (χ0v) is 11.1. The van der Waals surface area contributed by atoms with Crippen molar-refractivity contribution in [2.24, 2.45) is 0 Å². The Morgan fingerprint density at radius 3 is 2.50 bits per heavy atom. The molecule has 1 aromatic heterocycles. The highest BCUT2D eigenvalue weighted by Gasteiger charge is 2.24. The fourth-order valence-corrected chi connectivity index (χ4v) is 2.75. The van der Waals surface area contributed by atoms with E-state index < -0.39 is 20.6 Å². The van der Waals surface area contributed by atoms with Crippen LogP contribution in [0.4, 0.5) is 5.69 Å². The van der Waals surface area contributed by atoms with Crippen molar-refractivity contribution < 1.29 is 13.3 Å². The molecule has 0 aliphatic rings. The maximum Gasteiger partial charge on any atom is 0.289 e. The second-order valence-electron chi connectivity index (χ2n) is 3.87. The quantitative estimate of drug-likeness (QED) is 0.664. The molecule has 0 amide bonds. The third kappa shape index (κ3) is 3.16. The van der Waals surface area contributed by atoms with Gasteiger partial charge in [0.05, 0.1) is 17.2 Å². The Balaban J connectivity index is 2.25. The minimum absolute atomic E-state index is 0.0325. The van der Waals surface area contributed by atoms with Crippen LogP contribution >= 0.6 is 0 Å². The normalized spacial score (nSPS) is 11.2. The fraction of sp³-hybridized carbons (Fsp3) is 0.0833. The van der Waals surface area contributed by atoms with Crippen LogP contribution in [-0.4, -0.2) is 18.3 Å². The molecule has 104 valence electrons. The Bertz CT molecular complexity index is 716. The van der Waals surface area contributed by atoms with Crippen LogP contribution in [-0.2, 0) is 16.6 Å². The first-order valence-corrected chi connectivity index (χ1v) is 7.12. The summed E-state index contributed by atoms with van der Waals surface area (Å²) in [5, 5.41) is 10.8. The zero-order chi connectivity index (χ0) is 14.6. The van der Waals surface area contributed by atoms with Crippen molar-refractivity contribution >= 4 is 15.7 Å². The number of hydrogen-bond acceptors (Lipinski definition) is 5. The Kier molecular flexibility index (Phi) is 4.06. The molecule has 0 fully saturated rings. The lowest BCUT2D eigenvalue weighted by atomic mass is 10.3. The maximum atomic E-state index is 12.1. The lowest BCUT2D eigenvalue weighted by molar-refractivity contribution is -0.387. The lowest BCUT2D eigenvalue weighted by Crippen LogP contribution is -2.24. The second-order valence-corrected chi connectivity index (χ2v) is 5.61. The number of rotatable bonds is 5. The van der Waals surface area contributed by atoms with Crippen molar-refractivity contribution in [1.82, 2.24) is 9.71 Å². The molecule has 1 N–H and O–H groups in total. The maximum absolute atomic E-state index is 12.1. The summed E-state index contributed by atoms with van der Waals surface area (Å²) in [6, 6.07) is 10.3. The summed E-state index contributed by atoms with van der Waals surface area (Å²) in [6.45, 7) is -0.0325. The molecule has 0 aliphatic carbocycles. The van der Waals surface area contributed by atoms with Crippen molar-refractivity contribution in [1.29, 1.82) is 0 Å². The van der Waals surface area contributed by atoms with Gasteiger partial charge in [-0.05, 0) is 18.2 Å². The van der Waals surface area contributed by atoms with Crippen LogP contribution in [0.2, 0.25) is 0 Å². The standard InChI is InChI=1S/C12H11N3O4S/c16-15(17)11-6-1-2-7-12(11)20(18,19)14-9-10-5-3-4-8-13-10/h1-8,14H,9H2. The Morgan fingerprint density at radius 2 is 1.85 bits per heavy atom. The average molecular weight is 293 g/mol. The van der Waals surface area contributed by atoms with Gasteiger partial charge in [0.25, 0.3) is 5.69 Å². The van der Waals surface area contributed by atoms with E-state index in [1.54, 1.807) is 18.2 Å². The van der Waals surface area contributed by atoms with Crippen molar-refractivity contribution in [3.63, 3.8) is 0 Å². The second kappa shape index (κ2) is 5.76. The zero-order valence-electron chi connectivity index (χ0n) is 10.3. The first kappa shape index (κ1) is 14.1. The minimum atomic E-state index is -3.97. The number of nitro groups is 1. The molecule has 0 radical (unpaired) electrons. The number of benzene rings is 1. The van der Waals surface area contributed by atoms with Crippen LogP contribution in [0.25, 0.3) is 0 Å². The molecule has 1 aromatic carbocycles. The van der Waals surface area contributed by atoms with Gasteiger partial charge in [0.15, 0.2) is 4.90 Å². The Labute approximate surface area is 115 Å². The highest BCUT2D eigenvalue weighted by atomic mass is 32.2. The van der Waals surface area contributed by atoms with Gasteiger partial charge in [-0.1, -0.05) is 18.2 Å². The molecule has 0 aliphatic heterocycles. The molecule has 20 heavy (non-hydrogen) atoms. The highest BCUT2D eigenvalue weighted by molar-refractivity contribution is 7.89. The first-order valence-electron chi connectivity index (χ1n) is 5.64. The van der Waals surface area contributed by atoms with E-state index in [4.69, 9.17) is 0 Å². The van der Waals surface area contributed by atoms with Gasteiger partial charge < -0.3 is 0 Å². The molecule has 0 unspecified atom stereocenters. The number of nitrogens with one attached hydrogen (secondary N) is 1. The number of nitrogens with zero attached hydrogens (tertiary/aromatic N) is 2. The molecular weight excluding hydrogens is 282 g/mol. The van der Waals surface area contributed by atoms with E-state index in [9.17, 15) is 18.5 Å². The molecule has 0 bridgehead atoms. The monoisotopic (exact) mass is 293 g/mol. The van der Waals surface area contributed by atoms with Gasteiger partial charge in [-0.25, -0.2) is 13.1 Å². The van der Waals surface area contributed by atoms with Gasteiger partial charge in [-0.15, -0.1) is 0 Å². The van der Waals surface area contributed by atoms with Crippen molar-refractivity contribution in [2.75, 3.05) is 0 Å². The molecule has 7 nitrogen and oxygen atoms in total. The van der Waals surface area contributed by atoms with E-state index in [2.05, 4.69) is 9.71 Å². The van der Waals surface area contributed by atoms with Crippen LogP contribution in [0.1, 0.15) is 5.69 Å². The molecule has 2 aromatic rings. The number of aromatic nitrogens is 1. The van der Waals surface area contributed by atoms with Crippen LogP contribution in [0.15, 0.2) is 53.6 Å². The summed E-state index contributed by atoms with van der Waals surface area (Å²) in [5.41, 5.74) is 0.0654. The SMILES string of the molecule is O=[N+]([O-])c1ccccc1S(=O)(=O)NCc1ccccn1. The summed E-state index contributed by atoms with van der Waals surface area (Å²) in [7, 11) is -3.97. The Hall–Kier alpha value is -2.32. The molecule has 2 rings (SSSR count). The molecule has 8 heteroatoms. The van der Waals surface area contributed by atoms with Gasteiger partial charge in [0, 0.05) is 12.3 Å². The number of hydrogen-bond donors (Lipinski definition) is 1. The molecule has 0 saturated carbocycles. The average Bonchev–Trinajstić information content (AvgIpc) is 2.46. The smallest absolute Gasteiger partial charge is 0.260 e. The lowest BCUT2D eigenvalue weighted by Gasteiger charge is -2.06. The summed E-state index contributed by atoms with van der Waals surface area (Å²) >= 11 is 0.